The molecule has 6 rings (SSSR count). The van der Waals surface area contributed by atoms with Crippen molar-refractivity contribution in [3.05, 3.63) is 142 Å². The van der Waals surface area contributed by atoms with E-state index in [0.29, 0.717) is 52.7 Å². The normalized spacial score (nSPS) is 14.3. The standard InChI is InChI=1S/C36H28BrClN2O7S/c1-44-27-18-22(13-14-26(27)41)32-30(35(43)46-3)31(21-9-5-4-6-10-21)39-36-40(32)34(42)29(48-36)17-20-15-24(37)33(28(16-20)45-2)47-19-23-11-7-8-12-25(23)38/h4-18,32,41H,19H2,1-3H3. The third-order valence-electron chi connectivity index (χ3n) is 7.68. The van der Waals surface area contributed by atoms with Gasteiger partial charge in [-0.2, -0.15) is 0 Å². The number of phenolic OH excluding ortho intramolecular Hbond substituents is 1. The number of hydrogen-bond acceptors (Lipinski definition) is 9. The van der Waals surface area contributed by atoms with Crippen LogP contribution in [0, 0.1) is 0 Å². The Morgan fingerprint density at radius 3 is 2.44 bits per heavy atom. The van der Waals surface area contributed by atoms with Crippen molar-refractivity contribution in [2.75, 3.05) is 21.3 Å². The van der Waals surface area contributed by atoms with Crippen LogP contribution in [0.3, 0.4) is 0 Å². The van der Waals surface area contributed by atoms with E-state index < -0.39 is 12.0 Å². The predicted molar refractivity (Wildman–Crippen MR) is 188 cm³/mol. The number of carbonyl (C=O) groups excluding carboxylic acids is 1. The summed E-state index contributed by atoms with van der Waals surface area (Å²) in [7, 11) is 4.24. The number of carbonyl (C=O) groups is 1. The molecule has 1 N–H and O–H groups in total. The van der Waals surface area contributed by atoms with Crippen LogP contribution in [0.5, 0.6) is 23.0 Å². The molecule has 0 amide bonds. The number of methoxy groups -OCH3 is 3. The van der Waals surface area contributed by atoms with Crippen LogP contribution in [-0.2, 0) is 16.1 Å². The van der Waals surface area contributed by atoms with Gasteiger partial charge in [-0.15, -0.1) is 0 Å². The Balaban J connectivity index is 1.51. The van der Waals surface area contributed by atoms with Crippen molar-refractivity contribution >= 4 is 56.6 Å². The summed E-state index contributed by atoms with van der Waals surface area (Å²) in [6.07, 6.45) is 1.73. The minimum atomic E-state index is -0.942. The first-order valence-corrected chi connectivity index (χ1v) is 16.5. The Bertz CT molecular complexity index is 2250. The maximum atomic E-state index is 14.3. The molecule has 244 valence electrons. The van der Waals surface area contributed by atoms with Crippen LogP contribution < -0.4 is 29.1 Å². The third-order valence-corrected chi connectivity index (χ3v) is 9.62. The number of aromatic nitrogens is 1. The molecule has 5 aromatic rings. The molecule has 48 heavy (non-hydrogen) atoms. The quantitative estimate of drug-likeness (QED) is 0.177. The Hall–Kier alpha value is -4.84. The molecule has 0 saturated heterocycles. The van der Waals surface area contributed by atoms with Crippen LogP contribution in [0.4, 0.5) is 0 Å². The first-order valence-electron chi connectivity index (χ1n) is 14.5. The van der Waals surface area contributed by atoms with Gasteiger partial charge < -0.3 is 24.1 Å². The molecular formula is C36H28BrClN2O7S. The van der Waals surface area contributed by atoms with Gasteiger partial charge in [-0.1, -0.05) is 77.5 Å². The zero-order valence-electron chi connectivity index (χ0n) is 25.9. The molecule has 2 heterocycles. The van der Waals surface area contributed by atoms with E-state index in [1.807, 2.05) is 54.6 Å². The van der Waals surface area contributed by atoms with Gasteiger partial charge in [0, 0.05) is 16.1 Å². The van der Waals surface area contributed by atoms with Gasteiger partial charge in [-0.3, -0.25) is 9.36 Å². The van der Waals surface area contributed by atoms with E-state index in [9.17, 15) is 14.7 Å². The number of ether oxygens (including phenoxy) is 4. The van der Waals surface area contributed by atoms with Crippen LogP contribution in [-0.4, -0.2) is 37.0 Å². The fourth-order valence-electron chi connectivity index (χ4n) is 5.40. The number of rotatable bonds is 9. The second kappa shape index (κ2) is 14.1. The molecule has 1 aliphatic rings. The summed E-state index contributed by atoms with van der Waals surface area (Å²) < 4.78 is 24.8. The van der Waals surface area contributed by atoms with E-state index in [2.05, 4.69) is 15.9 Å². The van der Waals surface area contributed by atoms with Gasteiger partial charge in [-0.05, 0) is 63.5 Å². The number of aromatic hydroxyl groups is 1. The lowest BCUT2D eigenvalue weighted by Gasteiger charge is -2.26. The van der Waals surface area contributed by atoms with E-state index >= 15 is 0 Å². The van der Waals surface area contributed by atoms with Gasteiger partial charge in [0.2, 0.25) is 0 Å². The summed E-state index contributed by atoms with van der Waals surface area (Å²) in [4.78, 5) is 33.0. The summed E-state index contributed by atoms with van der Waals surface area (Å²) in [5.41, 5.74) is 2.83. The Morgan fingerprint density at radius 2 is 1.73 bits per heavy atom. The smallest absolute Gasteiger partial charge is 0.338 e. The number of hydrogen-bond donors (Lipinski definition) is 1. The minimum absolute atomic E-state index is 0.0839. The molecular weight excluding hydrogens is 720 g/mol. The van der Waals surface area contributed by atoms with Crippen molar-refractivity contribution < 1.29 is 28.8 Å². The zero-order chi connectivity index (χ0) is 33.9. The number of fused-ring (bicyclic) bond motifs is 1. The summed E-state index contributed by atoms with van der Waals surface area (Å²) in [5.74, 6) is 0.381. The highest BCUT2D eigenvalue weighted by molar-refractivity contribution is 9.10. The Kier molecular flexibility index (Phi) is 9.72. The van der Waals surface area contributed by atoms with Gasteiger partial charge in [0.05, 0.1) is 47.6 Å². The topological polar surface area (TPSA) is 109 Å². The van der Waals surface area contributed by atoms with Crippen molar-refractivity contribution in [1.29, 1.82) is 0 Å². The van der Waals surface area contributed by atoms with Crippen LogP contribution in [0.2, 0.25) is 5.02 Å². The molecule has 1 atom stereocenters. The molecule has 12 heteroatoms. The Labute approximate surface area is 292 Å². The summed E-state index contributed by atoms with van der Waals surface area (Å²) in [5, 5.41) is 10.9. The number of halogens is 2. The third kappa shape index (κ3) is 6.36. The van der Waals surface area contributed by atoms with Crippen LogP contribution >= 0.6 is 38.9 Å². The summed E-state index contributed by atoms with van der Waals surface area (Å²) in [6.45, 7) is 0.223. The molecule has 1 aromatic heterocycles. The minimum Gasteiger partial charge on any atom is -0.504 e. The van der Waals surface area contributed by atoms with E-state index in [1.54, 1.807) is 30.3 Å². The first kappa shape index (κ1) is 33.1. The first-order chi connectivity index (χ1) is 23.2. The van der Waals surface area contributed by atoms with Crippen molar-refractivity contribution in [3.8, 4) is 23.0 Å². The van der Waals surface area contributed by atoms with Crippen LogP contribution in [0.15, 0.2) is 105 Å². The zero-order valence-corrected chi connectivity index (χ0v) is 29.1. The lowest BCUT2D eigenvalue weighted by atomic mass is 9.93. The molecule has 0 radical (unpaired) electrons. The Morgan fingerprint density at radius 1 is 1.00 bits per heavy atom. The van der Waals surface area contributed by atoms with Gasteiger partial charge in [0.1, 0.15) is 6.61 Å². The molecule has 0 fully saturated rings. The SMILES string of the molecule is COC(=O)C1=C(c2ccccc2)N=c2sc(=Cc3cc(Br)c(OCc4ccccc4Cl)c(OC)c3)c(=O)n2C1c1ccc(O)c(OC)c1. The highest BCUT2D eigenvalue weighted by Gasteiger charge is 2.35. The molecule has 4 aromatic carbocycles. The van der Waals surface area contributed by atoms with E-state index in [0.717, 1.165) is 5.56 Å². The van der Waals surface area contributed by atoms with Gasteiger partial charge >= 0.3 is 5.97 Å². The lowest BCUT2D eigenvalue weighted by Crippen LogP contribution is -2.39. The van der Waals surface area contributed by atoms with Crippen molar-refractivity contribution in [2.45, 2.75) is 12.6 Å². The number of phenols is 1. The highest BCUT2D eigenvalue weighted by atomic mass is 79.9. The van der Waals surface area contributed by atoms with Crippen LogP contribution in [0.25, 0.3) is 11.8 Å². The molecule has 0 spiro atoms. The molecule has 0 aliphatic carbocycles. The second-order valence-corrected chi connectivity index (χ2v) is 12.8. The summed E-state index contributed by atoms with van der Waals surface area (Å²) in [6, 6.07) is 24.0. The van der Waals surface area contributed by atoms with Crippen molar-refractivity contribution in [2.24, 2.45) is 4.99 Å². The maximum absolute atomic E-state index is 14.3. The predicted octanol–water partition coefficient (Wildman–Crippen LogP) is 6.26. The second-order valence-electron chi connectivity index (χ2n) is 10.5. The number of esters is 1. The molecule has 0 saturated carbocycles. The highest BCUT2D eigenvalue weighted by Crippen LogP contribution is 2.39. The van der Waals surface area contributed by atoms with Gasteiger partial charge in [-0.25, -0.2) is 9.79 Å². The number of thiazole rings is 1. The van der Waals surface area contributed by atoms with Crippen molar-refractivity contribution in [1.82, 2.24) is 4.57 Å². The van der Waals surface area contributed by atoms with Crippen molar-refractivity contribution in [3.63, 3.8) is 0 Å². The van der Waals surface area contributed by atoms with Gasteiger partial charge in [0.25, 0.3) is 5.56 Å². The molecule has 1 unspecified atom stereocenters. The summed E-state index contributed by atoms with van der Waals surface area (Å²) >= 11 is 11.1. The fourth-order valence-corrected chi connectivity index (χ4v) is 7.17. The van der Waals surface area contributed by atoms with E-state index in [-0.39, 0.29) is 29.2 Å². The lowest BCUT2D eigenvalue weighted by molar-refractivity contribution is -0.136. The molecule has 9 nitrogen and oxygen atoms in total. The average Bonchev–Trinajstić information content (AvgIpc) is 3.41. The van der Waals surface area contributed by atoms with E-state index in [4.69, 9.17) is 35.5 Å². The van der Waals surface area contributed by atoms with Crippen LogP contribution in [0.1, 0.15) is 28.3 Å². The molecule has 0 bridgehead atoms. The molecule has 1 aliphatic heterocycles. The maximum Gasteiger partial charge on any atom is 0.338 e. The van der Waals surface area contributed by atoms with E-state index in [1.165, 1.54) is 43.3 Å². The number of benzene rings is 4. The number of nitrogens with zero attached hydrogens (tertiary/aromatic N) is 2. The average molecular weight is 748 g/mol. The van der Waals surface area contributed by atoms with Gasteiger partial charge in [0.15, 0.2) is 27.8 Å². The largest absolute Gasteiger partial charge is 0.504 e. The fraction of sp³-hybridized carbons (Fsp3) is 0.139. The monoisotopic (exact) mass is 746 g/mol.